The molecule has 0 aliphatic carbocycles. The average molecular weight is 299 g/mol. The molecule has 2 N–H and O–H groups in total. The fraction of sp³-hybridized carbons (Fsp3) is 0.312. The zero-order valence-corrected chi connectivity index (χ0v) is 12.2. The number of nitrogens with one attached hydrogen (secondary N) is 1. The number of aromatic nitrogens is 2. The minimum absolute atomic E-state index is 0.159. The number of aromatic amines is 1. The van der Waals surface area contributed by atoms with Crippen LogP contribution < -0.4 is 5.56 Å². The highest BCUT2D eigenvalue weighted by atomic mass is 16.3. The Balaban J connectivity index is 1.98. The Kier molecular flexibility index (Phi) is 3.77. The van der Waals surface area contributed by atoms with Crippen molar-refractivity contribution in [3.05, 3.63) is 51.9 Å². The zero-order valence-electron chi connectivity index (χ0n) is 12.2. The first-order valence-corrected chi connectivity index (χ1v) is 7.20. The van der Waals surface area contributed by atoms with E-state index >= 15 is 0 Å². The molecular weight excluding hydrogens is 282 g/mol. The fourth-order valence-electron chi connectivity index (χ4n) is 2.62. The van der Waals surface area contributed by atoms with Gasteiger partial charge in [0, 0.05) is 17.7 Å². The van der Waals surface area contributed by atoms with Crippen LogP contribution in [0.15, 0.2) is 35.1 Å². The summed E-state index contributed by atoms with van der Waals surface area (Å²) in [6.45, 7) is 2.12. The quantitative estimate of drug-likeness (QED) is 0.855. The summed E-state index contributed by atoms with van der Waals surface area (Å²) in [7, 11) is 0. The van der Waals surface area contributed by atoms with Crippen LogP contribution in [0.5, 0.6) is 0 Å². The molecule has 6 heteroatoms. The van der Waals surface area contributed by atoms with Gasteiger partial charge in [-0.1, -0.05) is 30.3 Å². The number of fused-ring (bicyclic) bond motifs is 1. The summed E-state index contributed by atoms with van der Waals surface area (Å²) in [6, 6.07) is 9.37. The largest absolute Gasteiger partial charge is 0.384 e. The molecule has 2 aromatic rings. The molecule has 1 amide bonds. The molecule has 1 aromatic heterocycles. The van der Waals surface area contributed by atoms with Crippen LogP contribution in [0, 0.1) is 0 Å². The molecule has 0 spiro atoms. The minimum atomic E-state index is -1.04. The van der Waals surface area contributed by atoms with E-state index < -0.39 is 6.10 Å². The Morgan fingerprint density at radius 2 is 2.09 bits per heavy atom. The molecular formula is C16H17N3O3. The van der Waals surface area contributed by atoms with E-state index in [-0.39, 0.29) is 18.0 Å². The van der Waals surface area contributed by atoms with Crippen molar-refractivity contribution in [2.45, 2.75) is 26.0 Å². The summed E-state index contributed by atoms with van der Waals surface area (Å²) < 4.78 is 0. The number of benzene rings is 1. The van der Waals surface area contributed by atoms with Crippen LogP contribution in [0.4, 0.5) is 0 Å². The first-order valence-electron chi connectivity index (χ1n) is 7.20. The lowest BCUT2D eigenvalue weighted by Gasteiger charge is -2.28. The monoisotopic (exact) mass is 299 g/mol. The third-order valence-corrected chi connectivity index (χ3v) is 3.79. The Morgan fingerprint density at radius 1 is 1.36 bits per heavy atom. The first kappa shape index (κ1) is 14.5. The number of hydrogen-bond donors (Lipinski definition) is 2. The highest BCUT2D eigenvalue weighted by Crippen LogP contribution is 2.19. The smallest absolute Gasteiger partial charge is 0.254 e. The van der Waals surface area contributed by atoms with Gasteiger partial charge in [-0.05, 0) is 13.3 Å². The van der Waals surface area contributed by atoms with Crippen LogP contribution in [0.2, 0.25) is 0 Å². The summed E-state index contributed by atoms with van der Waals surface area (Å²) in [5.74, 6) is 0.157. The van der Waals surface area contributed by atoms with Gasteiger partial charge in [0.2, 0.25) is 0 Å². The van der Waals surface area contributed by atoms with E-state index in [1.54, 1.807) is 0 Å². The van der Waals surface area contributed by atoms with Crippen molar-refractivity contribution in [3.63, 3.8) is 0 Å². The van der Waals surface area contributed by atoms with Gasteiger partial charge < -0.3 is 15.0 Å². The Hall–Kier alpha value is -2.47. The topological polar surface area (TPSA) is 86.3 Å². The van der Waals surface area contributed by atoms with Crippen molar-refractivity contribution >= 4 is 5.91 Å². The van der Waals surface area contributed by atoms with Gasteiger partial charge in [-0.25, -0.2) is 4.98 Å². The molecule has 22 heavy (non-hydrogen) atoms. The van der Waals surface area contributed by atoms with E-state index in [9.17, 15) is 14.7 Å². The van der Waals surface area contributed by atoms with Gasteiger partial charge in [0.15, 0.2) is 0 Å². The van der Waals surface area contributed by atoms with Gasteiger partial charge in [-0.15, -0.1) is 0 Å². The molecule has 0 radical (unpaired) electrons. The van der Waals surface area contributed by atoms with E-state index in [2.05, 4.69) is 9.97 Å². The van der Waals surface area contributed by atoms with Gasteiger partial charge >= 0.3 is 0 Å². The second kappa shape index (κ2) is 5.73. The van der Waals surface area contributed by atoms with E-state index in [1.807, 2.05) is 30.3 Å². The van der Waals surface area contributed by atoms with Crippen LogP contribution in [-0.2, 0) is 17.8 Å². The maximum absolute atomic E-state index is 12.2. The molecule has 0 saturated heterocycles. The van der Waals surface area contributed by atoms with Gasteiger partial charge in [0.05, 0.1) is 12.2 Å². The average Bonchev–Trinajstić information content (AvgIpc) is 2.54. The van der Waals surface area contributed by atoms with E-state index in [1.165, 1.54) is 11.8 Å². The third kappa shape index (κ3) is 2.65. The van der Waals surface area contributed by atoms with Crippen molar-refractivity contribution in [1.82, 2.24) is 14.9 Å². The van der Waals surface area contributed by atoms with Crippen molar-refractivity contribution in [2.75, 3.05) is 6.54 Å². The highest BCUT2D eigenvalue weighted by molar-refractivity contribution is 5.80. The lowest BCUT2D eigenvalue weighted by Crippen LogP contribution is -2.43. The maximum Gasteiger partial charge on any atom is 0.254 e. The fourth-order valence-corrected chi connectivity index (χ4v) is 2.62. The minimum Gasteiger partial charge on any atom is -0.384 e. The molecule has 1 atom stereocenters. The van der Waals surface area contributed by atoms with Crippen LogP contribution in [-0.4, -0.2) is 38.5 Å². The van der Waals surface area contributed by atoms with Gasteiger partial charge in [-0.2, -0.15) is 0 Å². The van der Waals surface area contributed by atoms with Crippen LogP contribution >= 0.6 is 0 Å². The molecule has 1 aromatic carbocycles. The standard InChI is InChI=1S/C16H17N3O3/c1-10(20)16(22)19-8-7-12-13(9-19)17-14(18-15(12)21)11-5-3-2-4-6-11/h2-6,10,20H,7-9H2,1H3,(H,17,18,21). The summed E-state index contributed by atoms with van der Waals surface area (Å²) in [5.41, 5.74) is 1.88. The van der Waals surface area contributed by atoms with Gasteiger partial charge in [0.25, 0.3) is 11.5 Å². The van der Waals surface area contributed by atoms with Crippen LogP contribution in [0.3, 0.4) is 0 Å². The summed E-state index contributed by atoms with van der Waals surface area (Å²) in [4.78, 5) is 33.0. The Morgan fingerprint density at radius 3 is 2.77 bits per heavy atom. The van der Waals surface area contributed by atoms with Gasteiger partial charge in [-0.3, -0.25) is 9.59 Å². The van der Waals surface area contributed by atoms with Crippen molar-refractivity contribution in [1.29, 1.82) is 0 Å². The molecule has 114 valence electrons. The van der Waals surface area contributed by atoms with Crippen molar-refractivity contribution < 1.29 is 9.90 Å². The number of H-pyrrole nitrogens is 1. The predicted octanol–water partition coefficient (Wildman–Crippen LogP) is 0.702. The second-order valence-electron chi connectivity index (χ2n) is 5.39. The summed E-state index contributed by atoms with van der Waals surface area (Å²) in [6.07, 6.45) is -0.595. The summed E-state index contributed by atoms with van der Waals surface area (Å²) in [5, 5.41) is 9.43. The molecule has 0 saturated carbocycles. The molecule has 1 unspecified atom stereocenters. The Bertz CT molecular complexity index is 753. The maximum atomic E-state index is 12.2. The van der Waals surface area contributed by atoms with E-state index in [4.69, 9.17) is 0 Å². The molecule has 0 bridgehead atoms. The van der Waals surface area contributed by atoms with E-state index in [0.29, 0.717) is 30.0 Å². The first-order chi connectivity index (χ1) is 10.6. The lowest BCUT2D eigenvalue weighted by molar-refractivity contribution is -0.140. The second-order valence-corrected chi connectivity index (χ2v) is 5.39. The zero-order chi connectivity index (χ0) is 15.7. The summed E-state index contributed by atoms with van der Waals surface area (Å²) >= 11 is 0. The molecule has 1 aliphatic rings. The molecule has 1 aliphatic heterocycles. The van der Waals surface area contributed by atoms with E-state index in [0.717, 1.165) is 5.56 Å². The van der Waals surface area contributed by atoms with Crippen LogP contribution in [0.1, 0.15) is 18.2 Å². The number of carbonyl (C=O) groups excluding carboxylic acids is 1. The number of aliphatic hydroxyl groups is 1. The molecule has 6 nitrogen and oxygen atoms in total. The highest BCUT2D eigenvalue weighted by Gasteiger charge is 2.26. The normalized spacial score (nSPS) is 15.3. The third-order valence-electron chi connectivity index (χ3n) is 3.79. The predicted molar refractivity (Wildman–Crippen MR) is 81.1 cm³/mol. The molecule has 2 heterocycles. The molecule has 3 rings (SSSR count). The number of aliphatic hydroxyl groups excluding tert-OH is 1. The van der Waals surface area contributed by atoms with Crippen molar-refractivity contribution in [3.8, 4) is 11.4 Å². The number of nitrogens with zero attached hydrogens (tertiary/aromatic N) is 2. The Labute approximate surface area is 127 Å². The lowest BCUT2D eigenvalue weighted by atomic mass is 10.1. The number of hydrogen-bond acceptors (Lipinski definition) is 4. The van der Waals surface area contributed by atoms with Crippen molar-refractivity contribution in [2.24, 2.45) is 0 Å². The van der Waals surface area contributed by atoms with Gasteiger partial charge in [0.1, 0.15) is 11.9 Å². The number of rotatable bonds is 2. The molecule has 0 fully saturated rings. The number of amides is 1. The SMILES string of the molecule is CC(O)C(=O)N1CCc2c(nc(-c3ccccc3)[nH]c2=O)C1. The number of carbonyl (C=O) groups is 1. The van der Waals surface area contributed by atoms with Crippen LogP contribution in [0.25, 0.3) is 11.4 Å².